The van der Waals surface area contributed by atoms with Gasteiger partial charge >= 0.3 is 0 Å². The first kappa shape index (κ1) is 21.7. The molecule has 2 amide bonds. The number of benzene rings is 1. The molecule has 9 heteroatoms. The molecule has 0 saturated carbocycles. The fraction of sp³-hybridized carbons (Fsp3) is 0.182. The summed E-state index contributed by atoms with van der Waals surface area (Å²) in [5.74, 6) is -0.244. The molecule has 1 aromatic heterocycles. The number of amides is 2. The zero-order chi connectivity index (χ0) is 22.5. The van der Waals surface area contributed by atoms with Crippen LogP contribution in [0.3, 0.4) is 0 Å². The Kier molecular flexibility index (Phi) is 6.44. The fourth-order valence-corrected chi connectivity index (χ4v) is 2.80. The van der Waals surface area contributed by atoms with Crippen LogP contribution in [0.25, 0.3) is 5.57 Å². The lowest BCUT2D eigenvalue weighted by Crippen LogP contribution is -2.33. The number of aromatic nitrogens is 2. The zero-order valence-corrected chi connectivity index (χ0v) is 16.9. The molecule has 0 fully saturated rings. The molecule has 0 radical (unpaired) electrons. The molecule has 0 saturated heterocycles. The van der Waals surface area contributed by atoms with Crippen molar-refractivity contribution in [3.8, 4) is 5.75 Å². The Balaban J connectivity index is 1.98. The van der Waals surface area contributed by atoms with E-state index in [1.807, 2.05) is 6.08 Å². The SMILES string of the molecule is C=C1CC=C(c2nc(N[C@@H](C)C(N)=O)cc(C(N)=O)n2)C=C(Oc2ccc(F)cc2)C1. The van der Waals surface area contributed by atoms with Gasteiger partial charge in [0.05, 0.1) is 0 Å². The standard InChI is InChI=1S/C22H22FN5O3/c1-12-3-4-14(10-17(9-12)31-16-7-5-15(23)6-8-16)22-27-18(21(25)30)11-19(28-22)26-13(2)20(24)29/h4-8,10-11,13H,1,3,9H2,2H3,(H2,24,29)(H2,25,30)(H,26,27,28)/t13-/m0/s1. The van der Waals surface area contributed by atoms with Gasteiger partial charge in [0.1, 0.15) is 34.9 Å². The number of nitrogens with zero attached hydrogens (tertiary/aromatic N) is 2. The molecule has 8 nitrogen and oxygen atoms in total. The third-order valence-electron chi connectivity index (χ3n) is 4.44. The van der Waals surface area contributed by atoms with Crippen LogP contribution >= 0.6 is 0 Å². The van der Waals surface area contributed by atoms with Gasteiger partial charge in [-0.1, -0.05) is 18.2 Å². The molecule has 1 aliphatic carbocycles. The average molecular weight is 423 g/mol. The van der Waals surface area contributed by atoms with Crippen molar-refractivity contribution in [1.82, 2.24) is 9.97 Å². The Hall–Kier alpha value is -4.01. The van der Waals surface area contributed by atoms with Gasteiger partial charge in [-0.15, -0.1) is 0 Å². The van der Waals surface area contributed by atoms with E-state index in [0.717, 1.165) is 5.57 Å². The minimum Gasteiger partial charge on any atom is -0.461 e. The number of nitrogens with two attached hydrogens (primary N) is 2. The molecule has 1 aliphatic rings. The lowest BCUT2D eigenvalue weighted by molar-refractivity contribution is -0.118. The summed E-state index contributed by atoms with van der Waals surface area (Å²) in [7, 11) is 0. The Morgan fingerprint density at radius 1 is 1.23 bits per heavy atom. The average Bonchev–Trinajstić information content (AvgIpc) is 2.90. The smallest absolute Gasteiger partial charge is 0.267 e. The number of hydrogen-bond donors (Lipinski definition) is 3. The predicted octanol–water partition coefficient (Wildman–Crippen LogP) is 2.70. The topological polar surface area (TPSA) is 133 Å². The highest BCUT2D eigenvalue weighted by Crippen LogP contribution is 2.28. The number of anilines is 1. The quantitative estimate of drug-likeness (QED) is 0.587. The second-order valence-electron chi connectivity index (χ2n) is 7.05. The summed E-state index contributed by atoms with van der Waals surface area (Å²) >= 11 is 0. The monoisotopic (exact) mass is 423 g/mol. The number of halogens is 1. The number of primary amides is 2. The molecule has 31 heavy (non-hydrogen) atoms. The molecule has 0 unspecified atom stereocenters. The Bertz CT molecular complexity index is 1090. The van der Waals surface area contributed by atoms with Crippen molar-refractivity contribution in [2.45, 2.75) is 25.8 Å². The fourth-order valence-electron chi connectivity index (χ4n) is 2.80. The minimum absolute atomic E-state index is 0.0254. The van der Waals surface area contributed by atoms with Gasteiger partial charge in [0.2, 0.25) is 5.91 Å². The van der Waals surface area contributed by atoms with Crippen molar-refractivity contribution in [1.29, 1.82) is 0 Å². The summed E-state index contributed by atoms with van der Waals surface area (Å²) in [5.41, 5.74) is 12.1. The first-order valence-corrected chi connectivity index (χ1v) is 9.47. The van der Waals surface area contributed by atoms with E-state index in [2.05, 4.69) is 21.9 Å². The molecule has 1 aromatic carbocycles. The van der Waals surface area contributed by atoms with Gasteiger partial charge in [-0.25, -0.2) is 14.4 Å². The first-order chi connectivity index (χ1) is 14.7. The lowest BCUT2D eigenvalue weighted by atomic mass is 10.1. The van der Waals surface area contributed by atoms with E-state index in [1.165, 1.54) is 30.3 Å². The summed E-state index contributed by atoms with van der Waals surface area (Å²) < 4.78 is 19.1. The van der Waals surface area contributed by atoms with E-state index in [-0.39, 0.29) is 23.2 Å². The van der Waals surface area contributed by atoms with Crippen molar-refractivity contribution >= 4 is 23.2 Å². The van der Waals surface area contributed by atoms with Crippen LogP contribution in [0.1, 0.15) is 36.1 Å². The van der Waals surface area contributed by atoms with E-state index in [0.29, 0.717) is 29.9 Å². The van der Waals surface area contributed by atoms with Crippen molar-refractivity contribution < 1.29 is 18.7 Å². The second kappa shape index (κ2) is 9.21. The summed E-state index contributed by atoms with van der Waals surface area (Å²) in [6.45, 7) is 5.59. The summed E-state index contributed by atoms with van der Waals surface area (Å²) in [6.07, 6.45) is 4.57. The molecular formula is C22H22FN5O3. The maximum atomic E-state index is 13.2. The number of allylic oxidation sites excluding steroid dienone is 4. The summed E-state index contributed by atoms with van der Waals surface area (Å²) in [6, 6.07) is 6.26. The second-order valence-corrected chi connectivity index (χ2v) is 7.05. The van der Waals surface area contributed by atoms with E-state index in [4.69, 9.17) is 16.2 Å². The van der Waals surface area contributed by atoms with Gasteiger partial charge in [-0.3, -0.25) is 9.59 Å². The van der Waals surface area contributed by atoms with Gasteiger partial charge < -0.3 is 21.5 Å². The van der Waals surface area contributed by atoms with Crippen molar-refractivity contribution in [2.24, 2.45) is 11.5 Å². The van der Waals surface area contributed by atoms with Crippen LogP contribution in [-0.2, 0) is 4.79 Å². The largest absolute Gasteiger partial charge is 0.461 e. The molecule has 2 aromatic rings. The molecular weight excluding hydrogens is 401 g/mol. The number of rotatable bonds is 7. The van der Waals surface area contributed by atoms with Crippen LogP contribution in [-0.4, -0.2) is 27.8 Å². The minimum atomic E-state index is -0.746. The van der Waals surface area contributed by atoms with Crippen molar-refractivity contribution in [3.05, 3.63) is 77.7 Å². The number of nitrogens with one attached hydrogen (secondary N) is 1. The van der Waals surface area contributed by atoms with Crippen LogP contribution in [0, 0.1) is 5.82 Å². The summed E-state index contributed by atoms with van der Waals surface area (Å²) in [4.78, 5) is 31.8. The molecule has 5 N–H and O–H groups in total. The van der Waals surface area contributed by atoms with Gasteiger partial charge in [-0.2, -0.15) is 0 Å². The van der Waals surface area contributed by atoms with Gasteiger partial charge in [0.25, 0.3) is 5.91 Å². The summed E-state index contributed by atoms with van der Waals surface area (Å²) in [5, 5.41) is 2.83. The predicted molar refractivity (Wildman–Crippen MR) is 114 cm³/mol. The maximum absolute atomic E-state index is 13.2. The lowest BCUT2D eigenvalue weighted by Gasteiger charge is -2.13. The molecule has 0 aliphatic heterocycles. The van der Waals surface area contributed by atoms with Gasteiger partial charge in [0.15, 0.2) is 5.82 Å². The third kappa shape index (κ3) is 5.75. The van der Waals surface area contributed by atoms with Crippen LogP contribution in [0.15, 0.2) is 60.4 Å². The van der Waals surface area contributed by atoms with E-state index in [1.54, 1.807) is 13.0 Å². The molecule has 3 rings (SSSR count). The van der Waals surface area contributed by atoms with Gasteiger partial charge in [-0.05, 0) is 43.7 Å². The van der Waals surface area contributed by atoms with Crippen LogP contribution in [0.2, 0.25) is 0 Å². The van der Waals surface area contributed by atoms with Gasteiger partial charge in [0, 0.05) is 18.1 Å². The Morgan fingerprint density at radius 3 is 2.58 bits per heavy atom. The van der Waals surface area contributed by atoms with Crippen LogP contribution in [0.4, 0.5) is 10.2 Å². The molecule has 1 heterocycles. The number of hydrogen-bond acceptors (Lipinski definition) is 6. The van der Waals surface area contributed by atoms with Crippen molar-refractivity contribution in [2.75, 3.05) is 5.32 Å². The van der Waals surface area contributed by atoms with E-state index < -0.39 is 17.9 Å². The number of ether oxygens (including phenoxy) is 1. The van der Waals surface area contributed by atoms with E-state index >= 15 is 0 Å². The molecule has 0 spiro atoms. The zero-order valence-electron chi connectivity index (χ0n) is 16.9. The Morgan fingerprint density at radius 2 is 1.94 bits per heavy atom. The Labute approximate surface area is 178 Å². The van der Waals surface area contributed by atoms with Crippen molar-refractivity contribution in [3.63, 3.8) is 0 Å². The highest BCUT2D eigenvalue weighted by atomic mass is 19.1. The maximum Gasteiger partial charge on any atom is 0.267 e. The highest BCUT2D eigenvalue weighted by Gasteiger charge is 2.17. The number of carbonyl (C=O) groups excluding carboxylic acids is 2. The van der Waals surface area contributed by atoms with E-state index in [9.17, 15) is 14.0 Å². The normalized spacial score (nSPS) is 14.7. The molecule has 160 valence electrons. The number of carbonyl (C=O) groups is 2. The molecule has 0 bridgehead atoms. The highest BCUT2D eigenvalue weighted by molar-refractivity contribution is 5.92. The van der Waals surface area contributed by atoms with Crippen LogP contribution in [0.5, 0.6) is 5.75 Å². The first-order valence-electron chi connectivity index (χ1n) is 9.47. The molecule has 1 atom stereocenters. The third-order valence-corrected chi connectivity index (χ3v) is 4.44. The van der Waals surface area contributed by atoms with Crippen LogP contribution < -0.4 is 21.5 Å².